The summed E-state index contributed by atoms with van der Waals surface area (Å²) in [5, 5.41) is 2.96. The predicted octanol–water partition coefficient (Wildman–Crippen LogP) is 0.429. The minimum Gasteiger partial charge on any atom is -0.379 e. The maximum absolute atomic E-state index is 12.1. The van der Waals surface area contributed by atoms with Crippen molar-refractivity contribution in [3.63, 3.8) is 0 Å². The summed E-state index contributed by atoms with van der Waals surface area (Å²) in [4.78, 5) is 16.0. The van der Waals surface area contributed by atoms with Gasteiger partial charge in [-0.15, -0.1) is 11.3 Å². The maximum atomic E-state index is 12.1. The molecular formula is C15H21N3O2S. The van der Waals surface area contributed by atoms with Crippen LogP contribution < -0.4 is 11.1 Å². The molecule has 0 aliphatic carbocycles. The Hall–Kier alpha value is -1.39. The average Bonchev–Trinajstić information content (AvgIpc) is 2.87. The molecule has 2 rings (SSSR count). The number of nitrogens with one attached hydrogen (secondary N) is 1. The van der Waals surface area contributed by atoms with E-state index in [1.54, 1.807) is 0 Å². The van der Waals surface area contributed by atoms with E-state index in [0.717, 1.165) is 43.3 Å². The number of ether oxygens (including phenoxy) is 1. The van der Waals surface area contributed by atoms with Crippen LogP contribution in [0, 0.1) is 18.8 Å². The van der Waals surface area contributed by atoms with E-state index in [1.165, 1.54) is 11.3 Å². The lowest BCUT2D eigenvalue weighted by Gasteiger charge is -2.26. The zero-order chi connectivity index (χ0) is 15.1. The molecule has 1 saturated heterocycles. The number of hydrogen-bond donors (Lipinski definition) is 2. The molecule has 0 radical (unpaired) electrons. The number of carbonyl (C=O) groups is 1. The summed E-state index contributed by atoms with van der Waals surface area (Å²) in [6.07, 6.45) is 0. The smallest absolute Gasteiger partial charge is 0.261 e. The fourth-order valence-electron chi connectivity index (χ4n) is 2.09. The number of amides is 1. The van der Waals surface area contributed by atoms with Gasteiger partial charge >= 0.3 is 0 Å². The Morgan fingerprint density at radius 2 is 2.29 bits per heavy atom. The highest BCUT2D eigenvalue weighted by atomic mass is 32.1. The van der Waals surface area contributed by atoms with Gasteiger partial charge in [-0.1, -0.05) is 11.8 Å². The van der Waals surface area contributed by atoms with E-state index >= 15 is 0 Å². The van der Waals surface area contributed by atoms with Crippen molar-refractivity contribution in [1.82, 2.24) is 10.2 Å². The van der Waals surface area contributed by atoms with Crippen LogP contribution in [0.3, 0.4) is 0 Å². The number of rotatable bonds is 4. The van der Waals surface area contributed by atoms with Crippen LogP contribution in [0.1, 0.15) is 20.1 Å². The van der Waals surface area contributed by atoms with Crippen LogP contribution in [0.2, 0.25) is 0 Å². The zero-order valence-corrected chi connectivity index (χ0v) is 13.1. The predicted molar refractivity (Wildman–Crippen MR) is 84.6 cm³/mol. The number of aryl methyl sites for hydroxylation is 1. The summed E-state index contributed by atoms with van der Waals surface area (Å²) in [6.45, 7) is 7.24. The molecule has 2 heterocycles. The zero-order valence-electron chi connectivity index (χ0n) is 12.3. The molecule has 1 aliphatic heterocycles. The van der Waals surface area contributed by atoms with Gasteiger partial charge in [-0.3, -0.25) is 9.69 Å². The number of thiophene rings is 1. The Labute approximate surface area is 129 Å². The second-order valence-electron chi connectivity index (χ2n) is 4.84. The molecule has 3 N–H and O–H groups in total. The lowest BCUT2D eigenvalue weighted by molar-refractivity contribution is 0.0383. The van der Waals surface area contributed by atoms with Gasteiger partial charge in [0.1, 0.15) is 0 Å². The third-order valence-electron chi connectivity index (χ3n) is 3.26. The third-order valence-corrected chi connectivity index (χ3v) is 4.41. The van der Waals surface area contributed by atoms with E-state index in [1.807, 2.05) is 13.0 Å². The fraction of sp³-hybridized carbons (Fsp3) is 0.533. The highest BCUT2D eigenvalue weighted by Gasteiger charge is 2.13. The molecule has 0 aromatic carbocycles. The van der Waals surface area contributed by atoms with Crippen LogP contribution in [0.25, 0.3) is 0 Å². The van der Waals surface area contributed by atoms with Crippen molar-refractivity contribution in [3.8, 4) is 11.8 Å². The SMILES string of the molecule is Cc1cc(C(=O)NCCN2CCOCC2)sc1C#CCN. The standard InChI is InChI=1S/C15H21N3O2S/c1-12-11-14(21-13(12)3-2-4-16)15(19)17-5-6-18-7-9-20-10-8-18/h11H,4-10,16H2,1H3,(H,17,19). The van der Waals surface area contributed by atoms with E-state index in [-0.39, 0.29) is 5.91 Å². The summed E-state index contributed by atoms with van der Waals surface area (Å²) < 4.78 is 5.30. The van der Waals surface area contributed by atoms with Crippen molar-refractivity contribution < 1.29 is 9.53 Å². The molecule has 0 saturated carbocycles. The molecule has 1 aromatic rings. The molecule has 1 amide bonds. The van der Waals surface area contributed by atoms with Crippen molar-refractivity contribution >= 4 is 17.2 Å². The molecule has 1 fully saturated rings. The van der Waals surface area contributed by atoms with Crippen LogP contribution in [-0.4, -0.2) is 56.7 Å². The monoisotopic (exact) mass is 307 g/mol. The lowest BCUT2D eigenvalue weighted by atomic mass is 10.2. The number of nitrogens with zero attached hydrogens (tertiary/aromatic N) is 1. The highest BCUT2D eigenvalue weighted by molar-refractivity contribution is 7.14. The second kappa shape index (κ2) is 8.15. The van der Waals surface area contributed by atoms with Crippen LogP contribution in [0.15, 0.2) is 6.07 Å². The quantitative estimate of drug-likeness (QED) is 0.792. The van der Waals surface area contributed by atoms with Crippen molar-refractivity contribution in [2.24, 2.45) is 5.73 Å². The van der Waals surface area contributed by atoms with Gasteiger partial charge in [0.2, 0.25) is 0 Å². The minimum atomic E-state index is -0.0304. The van der Waals surface area contributed by atoms with Gasteiger partial charge in [-0.25, -0.2) is 0 Å². The highest BCUT2D eigenvalue weighted by Crippen LogP contribution is 2.20. The van der Waals surface area contributed by atoms with E-state index in [9.17, 15) is 4.79 Å². The number of carbonyl (C=O) groups excluding carboxylic acids is 1. The van der Waals surface area contributed by atoms with Crippen LogP contribution >= 0.6 is 11.3 Å². The van der Waals surface area contributed by atoms with Crippen molar-refractivity contribution in [3.05, 3.63) is 21.4 Å². The van der Waals surface area contributed by atoms with Gasteiger partial charge in [0.25, 0.3) is 5.91 Å². The Morgan fingerprint density at radius 3 is 3.00 bits per heavy atom. The average molecular weight is 307 g/mol. The second-order valence-corrected chi connectivity index (χ2v) is 5.89. The first-order valence-corrected chi connectivity index (χ1v) is 7.90. The van der Waals surface area contributed by atoms with E-state index in [4.69, 9.17) is 10.5 Å². The molecule has 6 heteroatoms. The number of morpholine rings is 1. The Bertz CT molecular complexity index is 539. The van der Waals surface area contributed by atoms with Gasteiger partial charge < -0.3 is 15.8 Å². The first-order chi connectivity index (χ1) is 10.2. The Kier molecular flexibility index (Phi) is 6.21. The Morgan fingerprint density at radius 1 is 1.52 bits per heavy atom. The first kappa shape index (κ1) is 16.0. The molecule has 5 nitrogen and oxygen atoms in total. The molecule has 1 aromatic heterocycles. The summed E-state index contributed by atoms with van der Waals surface area (Å²) >= 11 is 1.42. The summed E-state index contributed by atoms with van der Waals surface area (Å²) in [5.41, 5.74) is 6.39. The van der Waals surface area contributed by atoms with E-state index in [2.05, 4.69) is 22.1 Å². The van der Waals surface area contributed by atoms with Crippen molar-refractivity contribution in [2.75, 3.05) is 45.9 Å². The molecule has 0 unspecified atom stereocenters. The lowest BCUT2D eigenvalue weighted by Crippen LogP contribution is -2.41. The molecule has 0 atom stereocenters. The molecular weight excluding hydrogens is 286 g/mol. The fourth-order valence-corrected chi connectivity index (χ4v) is 3.05. The summed E-state index contributed by atoms with van der Waals surface area (Å²) in [5.74, 6) is 5.79. The van der Waals surface area contributed by atoms with Crippen molar-refractivity contribution in [1.29, 1.82) is 0 Å². The molecule has 21 heavy (non-hydrogen) atoms. The normalized spacial score (nSPS) is 15.3. The van der Waals surface area contributed by atoms with Crippen LogP contribution in [0.5, 0.6) is 0 Å². The molecule has 0 spiro atoms. The summed E-state index contributed by atoms with van der Waals surface area (Å²) in [7, 11) is 0. The first-order valence-electron chi connectivity index (χ1n) is 7.08. The molecule has 0 bridgehead atoms. The van der Waals surface area contributed by atoms with Crippen LogP contribution in [-0.2, 0) is 4.74 Å². The number of hydrogen-bond acceptors (Lipinski definition) is 5. The van der Waals surface area contributed by atoms with Gasteiger partial charge in [0, 0.05) is 26.2 Å². The van der Waals surface area contributed by atoms with Crippen LogP contribution in [0.4, 0.5) is 0 Å². The van der Waals surface area contributed by atoms with E-state index in [0.29, 0.717) is 18.0 Å². The molecule has 1 aliphatic rings. The summed E-state index contributed by atoms with van der Waals surface area (Å²) in [6, 6.07) is 1.88. The number of nitrogens with two attached hydrogens (primary N) is 1. The van der Waals surface area contributed by atoms with Gasteiger partial charge in [-0.05, 0) is 18.6 Å². The van der Waals surface area contributed by atoms with Gasteiger partial charge in [-0.2, -0.15) is 0 Å². The van der Waals surface area contributed by atoms with Crippen molar-refractivity contribution in [2.45, 2.75) is 6.92 Å². The van der Waals surface area contributed by atoms with Gasteiger partial charge in [0.05, 0.1) is 29.5 Å². The maximum Gasteiger partial charge on any atom is 0.261 e. The minimum absolute atomic E-state index is 0.0304. The Balaban J connectivity index is 1.82. The molecule has 114 valence electrons. The third kappa shape index (κ3) is 4.83. The van der Waals surface area contributed by atoms with Gasteiger partial charge in [0.15, 0.2) is 0 Å². The largest absolute Gasteiger partial charge is 0.379 e. The van der Waals surface area contributed by atoms with E-state index < -0.39 is 0 Å². The topological polar surface area (TPSA) is 67.6 Å².